The minimum Gasteiger partial charge on any atom is -0.464 e. The van der Waals surface area contributed by atoms with Gasteiger partial charge in [-0.3, -0.25) is 0 Å². The third kappa shape index (κ3) is 2.52. The maximum atomic E-state index is 11.6. The van der Waals surface area contributed by atoms with E-state index in [-0.39, 0.29) is 12.0 Å². The molecule has 0 saturated carbocycles. The molecule has 2 rings (SSSR count). The van der Waals surface area contributed by atoms with Crippen molar-refractivity contribution in [3.05, 3.63) is 22.7 Å². The molecular weight excluding hydrogens is 290 g/mol. The standard InChI is InChI=1S/C11H12BrNO2S/c1-2-15-11(14)9-6-16-10-5-7(12)3-4-8(10)13-9/h3-5,9,13H,2,6H2,1H3. The van der Waals surface area contributed by atoms with Gasteiger partial charge in [-0.2, -0.15) is 0 Å². The first-order chi connectivity index (χ1) is 7.70. The Morgan fingerprint density at radius 1 is 1.69 bits per heavy atom. The molecule has 1 unspecified atom stereocenters. The van der Waals surface area contributed by atoms with E-state index in [4.69, 9.17) is 4.74 Å². The number of anilines is 1. The Kier molecular flexibility index (Phi) is 3.76. The van der Waals surface area contributed by atoms with Crippen LogP contribution in [-0.2, 0) is 9.53 Å². The molecule has 1 aliphatic heterocycles. The smallest absolute Gasteiger partial charge is 0.329 e. The molecule has 0 spiro atoms. The Morgan fingerprint density at radius 2 is 2.50 bits per heavy atom. The molecule has 5 heteroatoms. The van der Waals surface area contributed by atoms with Crippen LogP contribution in [0.5, 0.6) is 0 Å². The second-order valence-electron chi connectivity index (χ2n) is 3.40. The van der Waals surface area contributed by atoms with Gasteiger partial charge in [-0.25, -0.2) is 4.79 Å². The lowest BCUT2D eigenvalue weighted by Crippen LogP contribution is -2.35. The van der Waals surface area contributed by atoms with Crippen LogP contribution in [-0.4, -0.2) is 24.4 Å². The van der Waals surface area contributed by atoms with Gasteiger partial charge in [0.05, 0.1) is 6.61 Å². The van der Waals surface area contributed by atoms with Crippen LogP contribution in [0.25, 0.3) is 0 Å². The van der Waals surface area contributed by atoms with Gasteiger partial charge in [-0.1, -0.05) is 15.9 Å². The first kappa shape index (κ1) is 11.8. The molecule has 1 aromatic carbocycles. The SMILES string of the molecule is CCOC(=O)C1CSc2cc(Br)ccc2N1. The van der Waals surface area contributed by atoms with E-state index < -0.39 is 0 Å². The highest BCUT2D eigenvalue weighted by molar-refractivity contribution is 9.10. The van der Waals surface area contributed by atoms with Gasteiger partial charge >= 0.3 is 5.97 Å². The number of benzene rings is 1. The summed E-state index contributed by atoms with van der Waals surface area (Å²) in [6, 6.07) is 5.74. The van der Waals surface area contributed by atoms with Crippen LogP contribution in [0, 0.1) is 0 Å². The number of carbonyl (C=O) groups is 1. The molecule has 1 aliphatic rings. The Morgan fingerprint density at radius 3 is 3.25 bits per heavy atom. The molecule has 1 N–H and O–H groups in total. The first-order valence-electron chi connectivity index (χ1n) is 5.06. The Hall–Kier alpha value is -0.680. The fourth-order valence-electron chi connectivity index (χ4n) is 1.51. The first-order valence-corrected chi connectivity index (χ1v) is 6.84. The van der Waals surface area contributed by atoms with E-state index in [1.54, 1.807) is 11.8 Å². The van der Waals surface area contributed by atoms with E-state index in [1.165, 1.54) is 0 Å². The molecule has 0 aliphatic carbocycles. The number of esters is 1. The molecule has 0 bridgehead atoms. The number of fused-ring (bicyclic) bond motifs is 1. The van der Waals surface area contributed by atoms with Gasteiger partial charge < -0.3 is 10.1 Å². The molecule has 0 aromatic heterocycles. The van der Waals surface area contributed by atoms with Crippen molar-refractivity contribution in [1.82, 2.24) is 0 Å². The van der Waals surface area contributed by atoms with Gasteiger partial charge in [0.25, 0.3) is 0 Å². The van der Waals surface area contributed by atoms with E-state index in [1.807, 2.05) is 25.1 Å². The number of rotatable bonds is 2. The molecule has 3 nitrogen and oxygen atoms in total. The highest BCUT2D eigenvalue weighted by Gasteiger charge is 2.25. The summed E-state index contributed by atoms with van der Waals surface area (Å²) in [4.78, 5) is 12.7. The number of hydrogen-bond donors (Lipinski definition) is 1. The predicted octanol–water partition coefficient (Wildman–Crippen LogP) is 2.90. The monoisotopic (exact) mass is 301 g/mol. The van der Waals surface area contributed by atoms with Gasteiger partial charge in [0.1, 0.15) is 6.04 Å². The summed E-state index contributed by atoms with van der Waals surface area (Å²) in [7, 11) is 0. The molecule has 16 heavy (non-hydrogen) atoms. The summed E-state index contributed by atoms with van der Waals surface area (Å²) in [6.07, 6.45) is 0. The van der Waals surface area contributed by atoms with Crippen molar-refractivity contribution in [2.75, 3.05) is 17.7 Å². The van der Waals surface area contributed by atoms with Crippen molar-refractivity contribution < 1.29 is 9.53 Å². The van der Waals surface area contributed by atoms with Crippen molar-refractivity contribution in [3.8, 4) is 0 Å². The molecule has 1 aromatic rings. The summed E-state index contributed by atoms with van der Waals surface area (Å²) in [6.45, 7) is 2.24. The average Bonchev–Trinajstić information content (AvgIpc) is 2.28. The maximum Gasteiger partial charge on any atom is 0.329 e. The molecule has 0 radical (unpaired) electrons. The van der Waals surface area contributed by atoms with Crippen molar-refractivity contribution in [2.45, 2.75) is 17.9 Å². The fourth-order valence-corrected chi connectivity index (χ4v) is 3.08. The predicted molar refractivity (Wildman–Crippen MR) is 68.9 cm³/mol. The zero-order valence-corrected chi connectivity index (χ0v) is 11.2. The van der Waals surface area contributed by atoms with E-state index >= 15 is 0 Å². The third-order valence-electron chi connectivity index (χ3n) is 2.25. The number of halogens is 1. The zero-order valence-electron chi connectivity index (χ0n) is 8.83. The van der Waals surface area contributed by atoms with Crippen LogP contribution >= 0.6 is 27.7 Å². The van der Waals surface area contributed by atoms with Gasteiger partial charge in [0, 0.05) is 20.8 Å². The highest BCUT2D eigenvalue weighted by atomic mass is 79.9. The van der Waals surface area contributed by atoms with Crippen LogP contribution in [0.1, 0.15) is 6.92 Å². The van der Waals surface area contributed by atoms with E-state index in [2.05, 4.69) is 21.2 Å². The summed E-state index contributed by atoms with van der Waals surface area (Å²) in [5.74, 6) is 0.533. The summed E-state index contributed by atoms with van der Waals surface area (Å²) in [5, 5.41) is 3.19. The topological polar surface area (TPSA) is 38.3 Å². The second-order valence-corrected chi connectivity index (χ2v) is 5.38. The van der Waals surface area contributed by atoms with Crippen molar-refractivity contribution in [1.29, 1.82) is 0 Å². The van der Waals surface area contributed by atoms with Crippen LogP contribution in [0.15, 0.2) is 27.6 Å². The summed E-state index contributed by atoms with van der Waals surface area (Å²) < 4.78 is 6.05. The van der Waals surface area contributed by atoms with Crippen LogP contribution in [0.3, 0.4) is 0 Å². The lowest BCUT2D eigenvalue weighted by molar-refractivity contribution is -0.143. The fraction of sp³-hybridized carbons (Fsp3) is 0.364. The molecule has 86 valence electrons. The number of nitrogens with one attached hydrogen (secondary N) is 1. The number of hydrogen-bond acceptors (Lipinski definition) is 4. The van der Waals surface area contributed by atoms with Crippen molar-refractivity contribution in [2.24, 2.45) is 0 Å². The highest BCUT2D eigenvalue weighted by Crippen LogP contribution is 2.35. The average molecular weight is 302 g/mol. The summed E-state index contributed by atoms with van der Waals surface area (Å²) >= 11 is 5.10. The van der Waals surface area contributed by atoms with E-state index in [0.29, 0.717) is 12.4 Å². The number of ether oxygens (including phenoxy) is 1. The lowest BCUT2D eigenvalue weighted by Gasteiger charge is -2.25. The van der Waals surface area contributed by atoms with Gasteiger partial charge in [-0.05, 0) is 25.1 Å². The van der Waals surface area contributed by atoms with Gasteiger partial charge in [0.2, 0.25) is 0 Å². The van der Waals surface area contributed by atoms with E-state index in [0.717, 1.165) is 15.1 Å². The van der Waals surface area contributed by atoms with E-state index in [9.17, 15) is 4.79 Å². The van der Waals surface area contributed by atoms with Crippen molar-refractivity contribution >= 4 is 39.3 Å². The largest absolute Gasteiger partial charge is 0.464 e. The van der Waals surface area contributed by atoms with Crippen LogP contribution in [0.2, 0.25) is 0 Å². The molecule has 0 saturated heterocycles. The Bertz CT molecular complexity index is 411. The van der Waals surface area contributed by atoms with Crippen molar-refractivity contribution in [3.63, 3.8) is 0 Å². The molecule has 1 heterocycles. The molecule has 0 amide bonds. The summed E-state index contributed by atoms with van der Waals surface area (Å²) in [5.41, 5.74) is 0.998. The zero-order chi connectivity index (χ0) is 11.5. The normalized spacial score (nSPS) is 18.5. The molecular formula is C11H12BrNO2S. The van der Waals surface area contributed by atoms with Gasteiger partial charge in [-0.15, -0.1) is 11.8 Å². The Balaban J connectivity index is 2.12. The molecule has 0 fully saturated rings. The minimum absolute atomic E-state index is 0.177. The minimum atomic E-state index is -0.237. The van der Waals surface area contributed by atoms with Crippen LogP contribution in [0.4, 0.5) is 5.69 Å². The number of carbonyl (C=O) groups excluding carboxylic acids is 1. The quantitative estimate of drug-likeness (QED) is 0.853. The second kappa shape index (κ2) is 5.10. The van der Waals surface area contributed by atoms with Gasteiger partial charge in [0.15, 0.2) is 0 Å². The number of thioether (sulfide) groups is 1. The molecule has 1 atom stereocenters. The third-order valence-corrected chi connectivity index (χ3v) is 3.89. The van der Waals surface area contributed by atoms with Crippen LogP contribution < -0.4 is 5.32 Å². The Labute approximate surface area is 107 Å². The lowest BCUT2D eigenvalue weighted by atomic mass is 10.2. The maximum absolute atomic E-state index is 11.6.